The van der Waals surface area contributed by atoms with Crippen molar-refractivity contribution in [2.24, 2.45) is 5.73 Å². The number of aromatic nitrogens is 2. The topological polar surface area (TPSA) is 113 Å². The largest absolute Gasteiger partial charge is 0.368 e. The molecule has 2 aromatic carbocycles. The summed E-state index contributed by atoms with van der Waals surface area (Å²) in [6.45, 7) is 0.363. The van der Waals surface area contributed by atoms with E-state index in [1.165, 1.54) is 0 Å². The van der Waals surface area contributed by atoms with Gasteiger partial charge in [0.15, 0.2) is 6.29 Å². The summed E-state index contributed by atoms with van der Waals surface area (Å²) in [7, 11) is 1.55. The van der Waals surface area contributed by atoms with Gasteiger partial charge in [0.2, 0.25) is 11.9 Å². The number of nitrogen functional groups attached to an aromatic ring is 1. The van der Waals surface area contributed by atoms with Crippen LogP contribution in [-0.4, -0.2) is 23.0 Å². The monoisotopic (exact) mass is 364 g/mol. The van der Waals surface area contributed by atoms with E-state index < -0.39 is 12.2 Å². The maximum atomic E-state index is 11.6. The minimum atomic E-state index is -0.668. The summed E-state index contributed by atoms with van der Waals surface area (Å²) in [5, 5.41) is 0. The Labute approximate surface area is 157 Å². The van der Waals surface area contributed by atoms with Crippen LogP contribution in [0.25, 0.3) is 11.3 Å². The summed E-state index contributed by atoms with van der Waals surface area (Å²) < 4.78 is 11.5. The average Bonchev–Trinajstić information content (AvgIpc) is 2.69. The Morgan fingerprint density at radius 3 is 2.59 bits per heavy atom. The minimum absolute atomic E-state index is 0.127. The maximum Gasteiger partial charge on any atom is 0.248 e. The van der Waals surface area contributed by atoms with Crippen LogP contribution >= 0.6 is 0 Å². The number of ether oxygens (including phenoxy) is 2. The molecule has 0 saturated carbocycles. The fourth-order valence-corrected chi connectivity index (χ4v) is 2.69. The van der Waals surface area contributed by atoms with E-state index in [0.29, 0.717) is 29.0 Å². The van der Waals surface area contributed by atoms with E-state index in [1.54, 1.807) is 37.6 Å². The molecule has 1 heterocycles. The van der Waals surface area contributed by atoms with Crippen LogP contribution < -0.4 is 11.5 Å². The molecule has 0 aliphatic rings. The molecule has 1 unspecified atom stereocenters. The first-order valence-electron chi connectivity index (χ1n) is 8.29. The van der Waals surface area contributed by atoms with Gasteiger partial charge in [0.1, 0.15) is 0 Å². The second kappa shape index (κ2) is 8.39. The number of anilines is 1. The lowest BCUT2D eigenvalue weighted by molar-refractivity contribution is -0.135. The molecule has 0 bridgehead atoms. The predicted octanol–water partition coefficient (Wildman–Crippen LogP) is 2.69. The standard InChI is InChI=1S/C20H20N4O3/c1-26-19(27-12-13-5-3-2-4-6-13)15-8-7-14(18(21)25)11-16(15)17-9-10-23-20(22)24-17/h2-11,19H,12H2,1H3,(H2,21,25)(H2,22,23,24). The highest BCUT2D eigenvalue weighted by molar-refractivity contribution is 5.94. The number of hydrogen-bond donors (Lipinski definition) is 2. The zero-order chi connectivity index (χ0) is 19.2. The van der Waals surface area contributed by atoms with Crippen LogP contribution in [0.1, 0.15) is 27.8 Å². The van der Waals surface area contributed by atoms with Crippen LogP contribution in [0.4, 0.5) is 5.95 Å². The number of nitrogens with zero attached hydrogens (tertiary/aromatic N) is 2. The van der Waals surface area contributed by atoms with Gasteiger partial charge in [0.05, 0.1) is 12.3 Å². The van der Waals surface area contributed by atoms with Gasteiger partial charge >= 0.3 is 0 Å². The Balaban J connectivity index is 1.98. The van der Waals surface area contributed by atoms with Crippen molar-refractivity contribution in [1.29, 1.82) is 0 Å². The summed E-state index contributed by atoms with van der Waals surface area (Å²) in [5.74, 6) is -0.411. The minimum Gasteiger partial charge on any atom is -0.368 e. The molecule has 0 aliphatic carbocycles. The van der Waals surface area contributed by atoms with Gasteiger partial charge < -0.3 is 20.9 Å². The molecule has 0 spiro atoms. The molecule has 3 aromatic rings. The Kier molecular flexibility index (Phi) is 5.75. The van der Waals surface area contributed by atoms with Crippen molar-refractivity contribution < 1.29 is 14.3 Å². The SMILES string of the molecule is COC(OCc1ccccc1)c1ccc(C(N)=O)cc1-c1ccnc(N)n1. The van der Waals surface area contributed by atoms with Crippen LogP contribution in [0.2, 0.25) is 0 Å². The summed E-state index contributed by atoms with van der Waals surface area (Å²) in [6.07, 6.45) is 0.878. The van der Waals surface area contributed by atoms with E-state index in [4.69, 9.17) is 20.9 Å². The number of primary amides is 1. The summed E-state index contributed by atoms with van der Waals surface area (Å²) in [5.41, 5.74) is 14.4. The Morgan fingerprint density at radius 1 is 1.15 bits per heavy atom. The summed E-state index contributed by atoms with van der Waals surface area (Å²) in [4.78, 5) is 19.8. The molecular formula is C20H20N4O3. The first-order valence-corrected chi connectivity index (χ1v) is 8.29. The Morgan fingerprint density at radius 2 is 1.93 bits per heavy atom. The third-order valence-electron chi connectivity index (χ3n) is 4.00. The van der Waals surface area contributed by atoms with Crippen molar-refractivity contribution in [2.75, 3.05) is 12.8 Å². The van der Waals surface area contributed by atoms with Crippen LogP contribution in [0.15, 0.2) is 60.8 Å². The van der Waals surface area contributed by atoms with Crippen molar-refractivity contribution in [3.05, 3.63) is 77.5 Å². The fourth-order valence-electron chi connectivity index (χ4n) is 2.69. The fraction of sp³-hybridized carbons (Fsp3) is 0.150. The van der Waals surface area contributed by atoms with Gasteiger partial charge in [-0.25, -0.2) is 9.97 Å². The van der Waals surface area contributed by atoms with Crippen LogP contribution in [0.5, 0.6) is 0 Å². The van der Waals surface area contributed by atoms with Crippen molar-refractivity contribution in [1.82, 2.24) is 9.97 Å². The quantitative estimate of drug-likeness (QED) is 0.623. The highest BCUT2D eigenvalue weighted by Crippen LogP contribution is 2.31. The van der Waals surface area contributed by atoms with Crippen molar-refractivity contribution >= 4 is 11.9 Å². The molecule has 0 fully saturated rings. The van der Waals surface area contributed by atoms with E-state index in [-0.39, 0.29) is 5.95 Å². The van der Waals surface area contributed by atoms with Gasteiger partial charge in [-0.1, -0.05) is 36.4 Å². The van der Waals surface area contributed by atoms with Gasteiger partial charge in [0, 0.05) is 30.0 Å². The second-order valence-corrected chi connectivity index (χ2v) is 5.83. The zero-order valence-electron chi connectivity index (χ0n) is 14.8. The molecule has 1 aromatic heterocycles. The smallest absolute Gasteiger partial charge is 0.248 e. The Hall–Kier alpha value is -3.29. The van der Waals surface area contributed by atoms with Gasteiger partial charge in [-0.05, 0) is 23.8 Å². The van der Waals surface area contributed by atoms with Crippen LogP contribution in [0, 0.1) is 0 Å². The second-order valence-electron chi connectivity index (χ2n) is 5.83. The number of benzene rings is 2. The Bertz CT molecular complexity index is 932. The molecule has 7 heteroatoms. The average molecular weight is 364 g/mol. The molecule has 0 saturated heterocycles. The molecule has 4 N–H and O–H groups in total. The van der Waals surface area contributed by atoms with E-state index in [1.807, 2.05) is 30.3 Å². The predicted molar refractivity (Wildman–Crippen MR) is 101 cm³/mol. The number of nitrogens with two attached hydrogens (primary N) is 2. The zero-order valence-corrected chi connectivity index (χ0v) is 14.8. The van der Waals surface area contributed by atoms with Gasteiger partial charge in [-0.2, -0.15) is 0 Å². The number of amides is 1. The van der Waals surface area contributed by atoms with Crippen molar-refractivity contribution in [3.8, 4) is 11.3 Å². The molecule has 0 aliphatic heterocycles. The highest BCUT2D eigenvalue weighted by Gasteiger charge is 2.19. The molecule has 0 radical (unpaired) electrons. The lowest BCUT2D eigenvalue weighted by Crippen LogP contribution is -2.13. The lowest BCUT2D eigenvalue weighted by atomic mass is 10.00. The van der Waals surface area contributed by atoms with E-state index in [2.05, 4.69) is 9.97 Å². The highest BCUT2D eigenvalue weighted by atomic mass is 16.7. The first kappa shape index (κ1) is 18.5. The van der Waals surface area contributed by atoms with E-state index in [0.717, 1.165) is 5.56 Å². The molecule has 1 amide bonds. The normalized spacial score (nSPS) is 11.9. The molecular weight excluding hydrogens is 344 g/mol. The van der Waals surface area contributed by atoms with Gasteiger partial charge in [0.25, 0.3) is 0 Å². The molecule has 7 nitrogen and oxygen atoms in total. The summed E-state index contributed by atoms with van der Waals surface area (Å²) >= 11 is 0. The van der Waals surface area contributed by atoms with E-state index >= 15 is 0 Å². The molecule has 1 atom stereocenters. The van der Waals surface area contributed by atoms with Gasteiger partial charge in [-0.3, -0.25) is 4.79 Å². The van der Waals surface area contributed by atoms with Gasteiger partial charge in [-0.15, -0.1) is 0 Å². The number of carbonyl (C=O) groups excluding carboxylic acids is 1. The summed E-state index contributed by atoms with van der Waals surface area (Å²) in [6, 6.07) is 16.5. The van der Waals surface area contributed by atoms with Crippen molar-refractivity contribution in [3.63, 3.8) is 0 Å². The number of methoxy groups -OCH3 is 1. The van der Waals surface area contributed by atoms with Crippen LogP contribution in [0.3, 0.4) is 0 Å². The number of rotatable bonds is 7. The first-order chi connectivity index (χ1) is 13.1. The molecule has 138 valence electrons. The maximum absolute atomic E-state index is 11.6. The number of hydrogen-bond acceptors (Lipinski definition) is 6. The van der Waals surface area contributed by atoms with E-state index in [9.17, 15) is 4.79 Å². The third kappa shape index (κ3) is 4.46. The lowest BCUT2D eigenvalue weighted by Gasteiger charge is -2.20. The van der Waals surface area contributed by atoms with Crippen molar-refractivity contribution in [2.45, 2.75) is 12.9 Å². The molecule has 27 heavy (non-hydrogen) atoms. The number of carbonyl (C=O) groups is 1. The van der Waals surface area contributed by atoms with Crippen LogP contribution in [-0.2, 0) is 16.1 Å². The third-order valence-corrected chi connectivity index (χ3v) is 4.00. The molecule has 3 rings (SSSR count).